The van der Waals surface area contributed by atoms with Crippen molar-refractivity contribution in [3.05, 3.63) is 6.42 Å². The van der Waals surface area contributed by atoms with E-state index in [2.05, 4.69) is 0 Å². The highest BCUT2D eigenvalue weighted by molar-refractivity contribution is 4.72. The molecule has 2 heteroatoms. The van der Waals surface area contributed by atoms with Crippen molar-refractivity contribution in [2.24, 2.45) is 0 Å². The molecule has 2 atom stereocenters. The minimum atomic E-state index is -0.399. The van der Waals surface area contributed by atoms with Gasteiger partial charge in [0, 0.05) is 0 Å². The van der Waals surface area contributed by atoms with Crippen LogP contribution in [0.4, 0.5) is 0 Å². The number of hydrogen-bond acceptors (Lipinski definition) is 2. The van der Waals surface area contributed by atoms with Crippen molar-refractivity contribution in [3.63, 3.8) is 0 Å². The fourth-order valence-corrected chi connectivity index (χ4v) is 0.394. The lowest BCUT2D eigenvalue weighted by atomic mass is 10.1. The molecule has 0 aromatic heterocycles. The molecule has 0 aromatic carbocycles. The molecule has 0 aliphatic heterocycles. The number of aliphatic hydroxyl groups is 2. The van der Waals surface area contributed by atoms with Gasteiger partial charge >= 0.3 is 0 Å². The second-order valence-electron chi connectivity index (χ2n) is 2.06. The van der Waals surface area contributed by atoms with Crippen molar-refractivity contribution in [1.29, 1.82) is 0 Å². The molecule has 2 N–H and O–H groups in total. The second-order valence-corrected chi connectivity index (χ2v) is 2.06. The fourth-order valence-electron chi connectivity index (χ4n) is 0.394. The summed E-state index contributed by atoms with van der Waals surface area (Å²) in [7, 11) is 0. The van der Waals surface area contributed by atoms with Crippen molar-refractivity contribution in [2.75, 3.05) is 0 Å². The monoisotopic (exact) mass is 117 g/mol. The fraction of sp³-hybridized carbons (Fsp3) is 0.833. The van der Waals surface area contributed by atoms with Crippen LogP contribution < -0.4 is 0 Å². The molecular formula is C6H13O2. The molecule has 0 saturated carbocycles. The van der Waals surface area contributed by atoms with Gasteiger partial charge in [-0.3, -0.25) is 0 Å². The third-order valence-corrected chi connectivity index (χ3v) is 0.818. The zero-order chi connectivity index (χ0) is 6.57. The van der Waals surface area contributed by atoms with Gasteiger partial charge in [-0.25, -0.2) is 0 Å². The molecule has 0 aliphatic carbocycles. The molecule has 2 unspecified atom stereocenters. The zero-order valence-electron chi connectivity index (χ0n) is 5.33. The van der Waals surface area contributed by atoms with Crippen LogP contribution in [0.15, 0.2) is 0 Å². The van der Waals surface area contributed by atoms with Gasteiger partial charge in [0.1, 0.15) is 0 Å². The number of hydrogen-bond donors (Lipinski definition) is 2. The summed E-state index contributed by atoms with van der Waals surface area (Å²) >= 11 is 0. The van der Waals surface area contributed by atoms with E-state index in [0.717, 1.165) is 0 Å². The summed E-state index contributed by atoms with van der Waals surface area (Å²) in [6, 6.07) is 0. The van der Waals surface area contributed by atoms with Gasteiger partial charge in [0.15, 0.2) is 0 Å². The number of rotatable bonds is 3. The quantitative estimate of drug-likeness (QED) is 0.559. The van der Waals surface area contributed by atoms with Crippen LogP contribution >= 0.6 is 0 Å². The van der Waals surface area contributed by atoms with E-state index in [0.29, 0.717) is 6.42 Å². The lowest BCUT2D eigenvalue weighted by molar-refractivity contribution is 0.168. The largest absolute Gasteiger partial charge is 0.393 e. The molecule has 0 rings (SSSR count). The molecule has 0 fully saturated rings. The maximum absolute atomic E-state index is 8.66. The second kappa shape index (κ2) is 3.87. The molecule has 0 spiro atoms. The smallest absolute Gasteiger partial charge is 0.0544 e. The van der Waals surface area contributed by atoms with Crippen LogP contribution in [-0.4, -0.2) is 22.4 Å². The Labute approximate surface area is 50.2 Å². The molecule has 1 radical (unpaired) electrons. The van der Waals surface area contributed by atoms with Gasteiger partial charge in [-0.1, -0.05) is 0 Å². The normalized spacial score (nSPS) is 18.0. The first-order valence-corrected chi connectivity index (χ1v) is 2.82. The van der Waals surface area contributed by atoms with E-state index in [4.69, 9.17) is 10.2 Å². The van der Waals surface area contributed by atoms with Gasteiger partial charge in [-0.2, -0.15) is 0 Å². The summed E-state index contributed by atoms with van der Waals surface area (Å²) < 4.78 is 0. The molecule has 0 aliphatic rings. The van der Waals surface area contributed by atoms with Crippen molar-refractivity contribution >= 4 is 0 Å². The minimum Gasteiger partial charge on any atom is -0.393 e. The summed E-state index contributed by atoms with van der Waals surface area (Å²) in [5.74, 6) is 0. The van der Waals surface area contributed by atoms with Gasteiger partial charge in [0.05, 0.1) is 12.2 Å². The highest BCUT2D eigenvalue weighted by Gasteiger charge is 1.98. The summed E-state index contributed by atoms with van der Waals surface area (Å²) in [4.78, 5) is 0. The summed E-state index contributed by atoms with van der Waals surface area (Å²) in [5.41, 5.74) is 0. The van der Waals surface area contributed by atoms with E-state index in [9.17, 15) is 0 Å². The molecule has 49 valence electrons. The molecule has 0 amide bonds. The van der Waals surface area contributed by atoms with Crippen molar-refractivity contribution in [3.8, 4) is 0 Å². The summed E-state index contributed by atoms with van der Waals surface area (Å²) in [6.45, 7) is 3.36. The van der Waals surface area contributed by atoms with E-state index in [-0.39, 0.29) is 6.10 Å². The maximum Gasteiger partial charge on any atom is 0.0544 e. The standard InChI is InChI=1S/C6H13O2/c1-5(7)3-4-6(2)8/h3,5-8H,4H2,1-2H3. The van der Waals surface area contributed by atoms with Gasteiger partial charge in [-0.15, -0.1) is 0 Å². The molecule has 0 heterocycles. The Morgan fingerprint density at radius 3 is 2.00 bits per heavy atom. The highest BCUT2D eigenvalue weighted by atomic mass is 16.3. The van der Waals surface area contributed by atoms with E-state index in [1.54, 1.807) is 20.3 Å². The van der Waals surface area contributed by atoms with Crippen LogP contribution in [0, 0.1) is 6.42 Å². The van der Waals surface area contributed by atoms with Gasteiger partial charge in [0.2, 0.25) is 0 Å². The maximum atomic E-state index is 8.66. The predicted molar refractivity (Wildman–Crippen MR) is 32.3 cm³/mol. The lowest BCUT2D eigenvalue weighted by Gasteiger charge is -2.03. The highest BCUT2D eigenvalue weighted by Crippen LogP contribution is 1.97. The summed E-state index contributed by atoms with van der Waals surface area (Å²) in [6.07, 6.45) is 1.51. The molecule has 0 bridgehead atoms. The third-order valence-electron chi connectivity index (χ3n) is 0.818. The van der Waals surface area contributed by atoms with E-state index < -0.39 is 6.10 Å². The Morgan fingerprint density at radius 2 is 1.88 bits per heavy atom. The Kier molecular flexibility index (Phi) is 3.83. The number of aliphatic hydroxyl groups excluding tert-OH is 2. The topological polar surface area (TPSA) is 40.5 Å². The van der Waals surface area contributed by atoms with Gasteiger partial charge in [-0.05, 0) is 26.7 Å². The summed E-state index contributed by atoms with van der Waals surface area (Å²) in [5, 5.41) is 17.3. The Morgan fingerprint density at radius 1 is 1.38 bits per heavy atom. The van der Waals surface area contributed by atoms with E-state index >= 15 is 0 Å². The first-order chi connectivity index (χ1) is 3.63. The third kappa shape index (κ3) is 5.92. The molecular weight excluding hydrogens is 104 g/mol. The minimum absolute atomic E-state index is 0.329. The van der Waals surface area contributed by atoms with Crippen LogP contribution in [-0.2, 0) is 0 Å². The first-order valence-electron chi connectivity index (χ1n) is 2.82. The molecule has 8 heavy (non-hydrogen) atoms. The van der Waals surface area contributed by atoms with Gasteiger partial charge < -0.3 is 10.2 Å². The van der Waals surface area contributed by atoms with Gasteiger partial charge in [0.25, 0.3) is 0 Å². The van der Waals surface area contributed by atoms with Crippen LogP contribution in [0.5, 0.6) is 0 Å². The predicted octanol–water partition coefficient (Wildman–Crippen LogP) is 0.342. The molecule has 0 aromatic rings. The Balaban J connectivity index is 2.93. The van der Waals surface area contributed by atoms with Crippen LogP contribution in [0.2, 0.25) is 0 Å². The van der Waals surface area contributed by atoms with Crippen LogP contribution in [0.25, 0.3) is 0 Å². The average molecular weight is 117 g/mol. The molecule has 2 nitrogen and oxygen atoms in total. The van der Waals surface area contributed by atoms with E-state index in [1.807, 2.05) is 0 Å². The van der Waals surface area contributed by atoms with Crippen molar-refractivity contribution < 1.29 is 10.2 Å². The zero-order valence-corrected chi connectivity index (χ0v) is 5.33. The Hall–Kier alpha value is -0.0800. The van der Waals surface area contributed by atoms with Crippen LogP contribution in [0.1, 0.15) is 20.3 Å². The van der Waals surface area contributed by atoms with E-state index in [1.165, 1.54) is 0 Å². The average Bonchev–Trinajstić information content (AvgIpc) is 1.61. The van der Waals surface area contributed by atoms with Crippen molar-refractivity contribution in [1.82, 2.24) is 0 Å². The first kappa shape index (κ1) is 7.92. The SMILES string of the molecule is CC(O)[CH]CC(C)O. The van der Waals surface area contributed by atoms with Crippen molar-refractivity contribution in [2.45, 2.75) is 32.5 Å². The van der Waals surface area contributed by atoms with Crippen LogP contribution in [0.3, 0.4) is 0 Å². The molecule has 0 saturated heterocycles. The lowest BCUT2D eigenvalue weighted by Crippen LogP contribution is -2.07. The Bertz CT molecular complexity index is 42.5.